The van der Waals surface area contributed by atoms with Gasteiger partial charge in [-0.25, -0.2) is 4.79 Å². The highest BCUT2D eigenvalue weighted by atomic mass is 19.4. The van der Waals surface area contributed by atoms with Gasteiger partial charge in [0.15, 0.2) is 6.10 Å². The molecular formula is C22H31F3N2O4. The third-order valence-corrected chi connectivity index (χ3v) is 5.98. The Hall–Kier alpha value is -2.03. The van der Waals surface area contributed by atoms with Crippen LogP contribution in [0, 0.1) is 0 Å². The van der Waals surface area contributed by atoms with Crippen LogP contribution in [0.4, 0.5) is 18.0 Å². The Labute approximate surface area is 181 Å². The third kappa shape index (κ3) is 6.72. The maximum atomic E-state index is 12.6. The molecule has 1 atom stereocenters. The third-order valence-electron chi connectivity index (χ3n) is 5.98. The highest BCUT2D eigenvalue weighted by Gasteiger charge is 2.40. The Morgan fingerprint density at radius 3 is 2.35 bits per heavy atom. The number of pyridine rings is 1. The van der Waals surface area contributed by atoms with Gasteiger partial charge in [-0.2, -0.15) is 13.2 Å². The standard InChI is InChI=1S/C22H31F3N2O4/c1-3-16-14-26-11-8-20(16)31-18-6-4-17(5-7-18)30-19-9-12-27(13-10-19)21(28)29-15(2)22(23,24)25/h8,11,14-15,17-19H,3-7,9-10,12-13H2,1-2H3/t15?,17-,18-. The minimum atomic E-state index is -4.55. The average Bonchev–Trinajstić information content (AvgIpc) is 2.75. The van der Waals surface area contributed by atoms with E-state index in [1.807, 2.05) is 12.3 Å². The molecule has 1 saturated carbocycles. The van der Waals surface area contributed by atoms with E-state index in [-0.39, 0.29) is 18.3 Å². The van der Waals surface area contributed by atoms with Gasteiger partial charge in [-0.3, -0.25) is 4.98 Å². The number of carbonyl (C=O) groups excluding carboxylic acids is 1. The summed E-state index contributed by atoms with van der Waals surface area (Å²) >= 11 is 0. The van der Waals surface area contributed by atoms with Crippen LogP contribution in [0.5, 0.6) is 5.75 Å². The molecule has 31 heavy (non-hydrogen) atoms. The van der Waals surface area contributed by atoms with Crippen LogP contribution in [0.25, 0.3) is 0 Å². The Kier molecular flexibility index (Phi) is 8.02. The monoisotopic (exact) mass is 444 g/mol. The van der Waals surface area contributed by atoms with Crippen molar-refractivity contribution in [3.63, 3.8) is 0 Å². The number of aromatic nitrogens is 1. The molecule has 1 amide bonds. The summed E-state index contributed by atoms with van der Waals surface area (Å²) in [5.41, 5.74) is 1.11. The van der Waals surface area contributed by atoms with Crippen LogP contribution < -0.4 is 4.74 Å². The van der Waals surface area contributed by atoms with Gasteiger partial charge in [-0.15, -0.1) is 0 Å². The molecule has 0 aromatic carbocycles. The maximum absolute atomic E-state index is 12.6. The molecule has 0 radical (unpaired) electrons. The summed E-state index contributed by atoms with van der Waals surface area (Å²) in [6.07, 6.45) is 2.07. The Morgan fingerprint density at radius 1 is 1.13 bits per heavy atom. The van der Waals surface area contributed by atoms with Crippen LogP contribution in [0.3, 0.4) is 0 Å². The number of halogens is 3. The molecule has 9 heteroatoms. The first-order valence-corrected chi connectivity index (χ1v) is 11.0. The fraction of sp³-hybridized carbons (Fsp3) is 0.727. The van der Waals surface area contributed by atoms with Gasteiger partial charge in [0.1, 0.15) is 5.75 Å². The summed E-state index contributed by atoms with van der Waals surface area (Å²) in [6.45, 7) is 3.60. The van der Waals surface area contributed by atoms with E-state index in [4.69, 9.17) is 9.47 Å². The van der Waals surface area contributed by atoms with Crippen molar-refractivity contribution in [1.82, 2.24) is 9.88 Å². The second kappa shape index (κ2) is 10.5. The predicted molar refractivity (Wildman–Crippen MR) is 108 cm³/mol. The average molecular weight is 444 g/mol. The van der Waals surface area contributed by atoms with Crippen molar-refractivity contribution in [2.24, 2.45) is 0 Å². The van der Waals surface area contributed by atoms with Gasteiger partial charge in [0, 0.05) is 31.0 Å². The summed E-state index contributed by atoms with van der Waals surface area (Å²) < 4.78 is 54.6. The summed E-state index contributed by atoms with van der Waals surface area (Å²) in [5.74, 6) is 0.904. The second-order valence-electron chi connectivity index (χ2n) is 8.24. The largest absolute Gasteiger partial charge is 0.490 e. The second-order valence-corrected chi connectivity index (χ2v) is 8.24. The minimum Gasteiger partial charge on any atom is -0.490 e. The first kappa shape index (κ1) is 23.6. The summed E-state index contributed by atoms with van der Waals surface area (Å²) in [7, 11) is 0. The Bertz CT molecular complexity index is 715. The van der Waals surface area contributed by atoms with E-state index < -0.39 is 18.4 Å². The first-order chi connectivity index (χ1) is 14.8. The van der Waals surface area contributed by atoms with Crippen molar-refractivity contribution in [3.05, 3.63) is 24.0 Å². The van der Waals surface area contributed by atoms with Gasteiger partial charge in [0.2, 0.25) is 0 Å². The lowest BCUT2D eigenvalue weighted by molar-refractivity contribution is -0.200. The summed E-state index contributed by atoms with van der Waals surface area (Å²) in [6, 6.07) is 1.91. The minimum absolute atomic E-state index is 0.0125. The number of nitrogens with zero attached hydrogens (tertiary/aromatic N) is 2. The van der Waals surface area contributed by atoms with Crippen molar-refractivity contribution < 1.29 is 32.2 Å². The van der Waals surface area contributed by atoms with E-state index in [0.717, 1.165) is 50.3 Å². The molecule has 3 rings (SSSR count). The molecular weight excluding hydrogens is 413 g/mol. The zero-order chi connectivity index (χ0) is 22.4. The molecule has 2 aliphatic rings. The van der Waals surface area contributed by atoms with Crippen molar-refractivity contribution >= 4 is 6.09 Å². The molecule has 1 saturated heterocycles. The van der Waals surface area contributed by atoms with Crippen molar-refractivity contribution in [1.29, 1.82) is 0 Å². The SMILES string of the molecule is CCc1cnccc1O[C@H]1CC[C@H](OC2CCN(C(=O)OC(C)C(F)(F)F)CC2)CC1. The maximum Gasteiger partial charge on any atom is 0.425 e. The number of carbonyl (C=O) groups is 1. The Balaban J connectivity index is 1.37. The highest BCUT2D eigenvalue weighted by Crippen LogP contribution is 2.29. The van der Waals surface area contributed by atoms with Gasteiger partial charge in [0.25, 0.3) is 0 Å². The van der Waals surface area contributed by atoms with Crippen LogP contribution in [0.15, 0.2) is 18.5 Å². The predicted octanol–water partition coefficient (Wildman–Crippen LogP) is 4.90. The Morgan fingerprint density at radius 2 is 1.74 bits per heavy atom. The molecule has 1 aromatic rings. The highest BCUT2D eigenvalue weighted by molar-refractivity contribution is 5.68. The number of likely N-dealkylation sites (tertiary alicyclic amines) is 1. The van der Waals surface area contributed by atoms with Gasteiger partial charge in [-0.1, -0.05) is 6.92 Å². The fourth-order valence-corrected chi connectivity index (χ4v) is 4.00. The lowest BCUT2D eigenvalue weighted by Crippen LogP contribution is -2.44. The number of piperidine rings is 1. The lowest BCUT2D eigenvalue weighted by Gasteiger charge is -2.36. The summed E-state index contributed by atoms with van der Waals surface area (Å²) in [5, 5.41) is 0. The van der Waals surface area contributed by atoms with Crippen molar-refractivity contribution in [2.45, 2.75) is 89.4 Å². The number of ether oxygens (including phenoxy) is 3. The quantitative estimate of drug-likeness (QED) is 0.625. The van der Waals surface area contributed by atoms with Gasteiger partial charge in [-0.05, 0) is 57.9 Å². The molecule has 2 heterocycles. The molecule has 1 aliphatic heterocycles. The number of rotatable bonds is 6. The van der Waals surface area contributed by atoms with Crippen LogP contribution >= 0.6 is 0 Å². The van der Waals surface area contributed by atoms with E-state index >= 15 is 0 Å². The number of hydrogen-bond acceptors (Lipinski definition) is 5. The zero-order valence-electron chi connectivity index (χ0n) is 18.1. The molecule has 6 nitrogen and oxygen atoms in total. The molecule has 0 N–H and O–H groups in total. The van der Waals surface area contributed by atoms with Crippen molar-refractivity contribution in [3.8, 4) is 5.75 Å². The molecule has 1 aromatic heterocycles. The van der Waals surface area contributed by atoms with E-state index in [0.29, 0.717) is 25.9 Å². The number of aryl methyl sites for hydroxylation is 1. The van der Waals surface area contributed by atoms with Crippen LogP contribution in [0.2, 0.25) is 0 Å². The normalized spacial score (nSPS) is 24.0. The first-order valence-electron chi connectivity index (χ1n) is 11.0. The van der Waals surface area contributed by atoms with Gasteiger partial charge in [0.05, 0.1) is 18.3 Å². The van der Waals surface area contributed by atoms with E-state index in [9.17, 15) is 18.0 Å². The van der Waals surface area contributed by atoms with Gasteiger partial charge >= 0.3 is 12.3 Å². The number of amides is 1. The van der Waals surface area contributed by atoms with Crippen LogP contribution in [0.1, 0.15) is 57.9 Å². The fourth-order valence-electron chi connectivity index (χ4n) is 4.00. The molecule has 0 bridgehead atoms. The summed E-state index contributed by atoms with van der Waals surface area (Å²) in [4.78, 5) is 17.4. The molecule has 0 spiro atoms. The van der Waals surface area contributed by atoms with Crippen molar-refractivity contribution in [2.75, 3.05) is 13.1 Å². The van der Waals surface area contributed by atoms with E-state index in [1.54, 1.807) is 6.20 Å². The number of alkyl halides is 3. The zero-order valence-corrected chi connectivity index (χ0v) is 18.1. The molecule has 1 aliphatic carbocycles. The lowest BCUT2D eigenvalue weighted by atomic mass is 9.94. The van der Waals surface area contributed by atoms with Gasteiger partial charge < -0.3 is 19.1 Å². The topological polar surface area (TPSA) is 60.9 Å². The number of hydrogen-bond donors (Lipinski definition) is 0. The van der Waals surface area contributed by atoms with Crippen LogP contribution in [-0.2, 0) is 15.9 Å². The van der Waals surface area contributed by atoms with Crippen LogP contribution in [-0.4, -0.2) is 59.7 Å². The smallest absolute Gasteiger partial charge is 0.425 e. The molecule has 1 unspecified atom stereocenters. The van der Waals surface area contributed by atoms with E-state index in [1.165, 1.54) is 4.90 Å². The molecule has 2 fully saturated rings. The molecule has 174 valence electrons. The van der Waals surface area contributed by atoms with E-state index in [2.05, 4.69) is 16.6 Å².